The van der Waals surface area contributed by atoms with Crippen LogP contribution in [0.3, 0.4) is 0 Å². The van der Waals surface area contributed by atoms with E-state index in [9.17, 15) is 0 Å². The first-order valence-electron chi connectivity index (χ1n) is 5.40. The summed E-state index contributed by atoms with van der Waals surface area (Å²) in [6.45, 7) is 4.26. The van der Waals surface area contributed by atoms with Crippen LogP contribution in [0.2, 0.25) is 0 Å². The highest BCUT2D eigenvalue weighted by molar-refractivity contribution is 4.67. The lowest BCUT2D eigenvalue weighted by Crippen LogP contribution is -2.27. The van der Waals surface area contributed by atoms with E-state index in [0.717, 1.165) is 26.2 Å². The van der Waals surface area contributed by atoms with Gasteiger partial charge in [0.15, 0.2) is 0 Å². The minimum absolute atomic E-state index is 0.490. The van der Waals surface area contributed by atoms with Crippen LogP contribution in [-0.2, 0) is 4.74 Å². The van der Waals surface area contributed by atoms with E-state index in [-0.39, 0.29) is 0 Å². The van der Waals surface area contributed by atoms with Crippen LogP contribution < -0.4 is 10.6 Å². The fraction of sp³-hybridized carbons (Fsp3) is 1.00. The normalized spacial score (nSPS) is 22.4. The molecule has 0 bridgehead atoms. The van der Waals surface area contributed by atoms with Gasteiger partial charge in [-0.3, -0.25) is 0 Å². The summed E-state index contributed by atoms with van der Waals surface area (Å²) in [6.07, 6.45) is 5.49. The van der Waals surface area contributed by atoms with Crippen molar-refractivity contribution in [2.75, 3.05) is 33.3 Å². The van der Waals surface area contributed by atoms with Gasteiger partial charge < -0.3 is 15.4 Å². The summed E-state index contributed by atoms with van der Waals surface area (Å²) in [5, 5.41) is 6.58. The van der Waals surface area contributed by atoms with Crippen LogP contribution in [0, 0.1) is 0 Å². The van der Waals surface area contributed by atoms with Crippen molar-refractivity contribution < 1.29 is 4.74 Å². The first-order valence-corrected chi connectivity index (χ1v) is 5.40. The second-order valence-corrected chi connectivity index (χ2v) is 3.65. The third kappa shape index (κ3) is 5.24. The summed E-state index contributed by atoms with van der Waals surface area (Å²) in [5.74, 6) is 0. The number of rotatable bonds is 7. The number of unbranched alkanes of at least 4 members (excludes halogenated alkanes) is 1. The van der Waals surface area contributed by atoms with Crippen molar-refractivity contribution in [3.05, 3.63) is 0 Å². The van der Waals surface area contributed by atoms with Gasteiger partial charge in [-0.2, -0.15) is 0 Å². The van der Waals surface area contributed by atoms with Crippen molar-refractivity contribution in [1.29, 1.82) is 0 Å². The van der Waals surface area contributed by atoms with Gasteiger partial charge >= 0.3 is 0 Å². The molecule has 1 unspecified atom stereocenters. The Morgan fingerprint density at radius 2 is 2.15 bits per heavy atom. The zero-order chi connectivity index (χ0) is 9.36. The fourth-order valence-electron chi connectivity index (χ4n) is 1.62. The number of ether oxygens (including phenoxy) is 1. The van der Waals surface area contributed by atoms with Crippen LogP contribution in [-0.4, -0.2) is 39.4 Å². The number of hydrogen-bond donors (Lipinski definition) is 2. The first kappa shape index (κ1) is 11.0. The third-order valence-corrected chi connectivity index (χ3v) is 2.43. The summed E-state index contributed by atoms with van der Waals surface area (Å²) in [6, 6.07) is 0. The van der Waals surface area contributed by atoms with E-state index >= 15 is 0 Å². The van der Waals surface area contributed by atoms with Crippen LogP contribution in [0.4, 0.5) is 0 Å². The lowest BCUT2D eigenvalue weighted by Gasteiger charge is -2.10. The van der Waals surface area contributed by atoms with Crippen LogP contribution >= 0.6 is 0 Å². The molecule has 13 heavy (non-hydrogen) atoms. The molecule has 0 aromatic heterocycles. The quantitative estimate of drug-likeness (QED) is 0.576. The Morgan fingerprint density at radius 3 is 2.85 bits per heavy atom. The molecule has 3 nitrogen and oxygen atoms in total. The predicted octanol–water partition coefficient (Wildman–Crippen LogP) is 0.755. The van der Waals surface area contributed by atoms with Crippen LogP contribution in [0.25, 0.3) is 0 Å². The topological polar surface area (TPSA) is 33.3 Å². The maximum absolute atomic E-state index is 5.51. The molecule has 1 aliphatic heterocycles. The molecule has 0 spiro atoms. The SMILES string of the molecule is CNCCCCNCC1CCCO1. The minimum atomic E-state index is 0.490. The van der Waals surface area contributed by atoms with Crippen molar-refractivity contribution >= 4 is 0 Å². The molecule has 0 saturated carbocycles. The van der Waals surface area contributed by atoms with Crippen molar-refractivity contribution in [2.24, 2.45) is 0 Å². The van der Waals surface area contributed by atoms with Crippen molar-refractivity contribution in [1.82, 2.24) is 10.6 Å². The highest BCUT2D eigenvalue weighted by Crippen LogP contribution is 2.10. The smallest absolute Gasteiger partial charge is 0.0700 e. The summed E-state index contributed by atoms with van der Waals surface area (Å²) in [5.41, 5.74) is 0. The maximum Gasteiger partial charge on any atom is 0.0700 e. The Labute approximate surface area is 81.2 Å². The highest BCUT2D eigenvalue weighted by atomic mass is 16.5. The van der Waals surface area contributed by atoms with E-state index < -0.39 is 0 Å². The summed E-state index contributed by atoms with van der Waals surface area (Å²) < 4.78 is 5.51. The number of nitrogens with one attached hydrogen (secondary N) is 2. The zero-order valence-corrected chi connectivity index (χ0v) is 8.64. The Kier molecular flexibility index (Phi) is 6.15. The van der Waals surface area contributed by atoms with Crippen LogP contribution in [0.5, 0.6) is 0 Å². The van der Waals surface area contributed by atoms with E-state index in [1.54, 1.807) is 0 Å². The van der Waals surface area contributed by atoms with Crippen LogP contribution in [0.15, 0.2) is 0 Å². The molecule has 0 amide bonds. The van der Waals surface area contributed by atoms with Crippen molar-refractivity contribution in [2.45, 2.75) is 31.8 Å². The van der Waals surface area contributed by atoms with Crippen molar-refractivity contribution in [3.8, 4) is 0 Å². The molecule has 78 valence electrons. The molecule has 2 N–H and O–H groups in total. The molecule has 1 saturated heterocycles. The molecule has 1 fully saturated rings. The molecule has 0 aromatic rings. The van der Waals surface area contributed by atoms with Gasteiger partial charge in [0, 0.05) is 13.2 Å². The summed E-state index contributed by atoms with van der Waals surface area (Å²) in [7, 11) is 2.00. The van der Waals surface area contributed by atoms with Gasteiger partial charge in [0.2, 0.25) is 0 Å². The molecule has 1 heterocycles. The monoisotopic (exact) mass is 186 g/mol. The van der Waals surface area contributed by atoms with E-state index in [1.807, 2.05) is 7.05 Å². The number of hydrogen-bond acceptors (Lipinski definition) is 3. The fourth-order valence-corrected chi connectivity index (χ4v) is 1.62. The average molecular weight is 186 g/mol. The standard InChI is InChI=1S/C10H22N2O/c1-11-6-2-3-7-12-9-10-5-4-8-13-10/h10-12H,2-9H2,1H3. The van der Waals surface area contributed by atoms with Gasteiger partial charge in [-0.1, -0.05) is 0 Å². The highest BCUT2D eigenvalue weighted by Gasteiger charge is 2.13. The van der Waals surface area contributed by atoms with Gasteiger partial charge in [0.05, 0.1) is 6.10 Å². The van der Waals surface area contributed by atoms with Gasteiger partial charge in [-0.25, -0.2) is 0 Å². The molecular formula is C10H22N2O. The van der Waals surface area contributed by atoms with Gasteiger partial charge in [0.1, 0.15) is 0 Å². The Bertz CT molecular complexity index is 113. The molecule has 0 radical (unpaired) electrons. The molecule has 0 aromatic carbocycles. The van der Waals surface area contributed by atoms with E-state index in [4.69, 9.17) is 4.74 Å². The predicted molar refractivity (Wildman–Crippen MR) is 55.0 cm³/mol. The average Bonchev–Trinajstić information content (AvgIpc) is 2.63. The van der Waals surface area contributed by atoms with Crippen molar-refractivity contribution in [3.63, 3.8) is 0 Å². The molecule has 3 heteroatoms. The summed E-state index contributed by atoms with van der Waals surface area (Å²) in [4.78, 5) is 0. The zero-order valence-electron chi connectivity index (χ0n) is 8.64. The molecule has 1 aliphatic rings. The van der Waals surface area contributed by atoms with Gasteiger partial charge in [-0.15, -0.1) is 0 Å². The largest absolute Gasteiger partial charge is 0.377 e. The minimum Gasteiger partial charge on any atom is -0.377 e. The molecule has 0 aliphatic carbocycles. The Hall–Kier alpha value is -0.120. The maximum atomic E-state index is 5.51. The summed E-state index contributed by atoms with van der Waals surface area (Å²) >= 11 is 0. The lowest BCUT2D eigenvalue weighted by molar-refractivity contribution is 0.110. The second-order valence-electron chi connectivity index (χ2n) is 3.65. The van der Waals surface area contributed by atoms with Crippen LogP contribution in [0.1, 0.15) is 25.7 Å². The second kappa shape index (κ2) is 7.30. The first-order chi connectivity index (χ1) is 6.43. The molecule has 1 atom stereocenters. The Balaban J connectivity index is 1.78. The lowest BCUT2D eigenvalue weighted by atomic mass is 10.2. The molecule has 1 rings (SSSR count). The Morgan fingerprint density at radius 1 is 1.31 bits per heavy atom. The van der Waals surface area contributed by atoms with Gasteiger partial charge in [-0.05, 0) is 45.8 Å². The van der Waals surface area contributed by atoms with E-state index in [2.05, 4.69) is 10.6 Å². The van der Waals surface area contributed by atoms with E-state index in [0.29, 0.717) is 6.10 Å². The van der Waals surface area contributed by atoms with E-state index in [1.165, 1.54) is 25.7 Å². The third-order valence-electron chi connectivity index (χ3n) is 2.43. The van der Waals surface area contributed by atoms with Gasteiger partial charge in [0.25, 0.3) is 0 Å². The molecular weight excluding hydrogens is 164 g/mol.